The lowest BCUT2D eigenvalue weighted by Crippen LogP contribution is -2.44. The highest BCUT2D eigenvalue weighted by molar-refractivity contribution is 6.74. The minimum Gasteiger partial charge on any atom is -0.540 e. The summed E-state index contributed by atoms with van der Waals surface area (Å²) in [6, 6.07) is 7.56. The number of hydrogen-bond acceptors (Lipinski definition) is 6. The van der Waals surface area contributed by atoms with E-state index in [9.17, 15) is 0 Å². The second-order valence-electron chi connectivity index (χ2n) is 8.75. The molecule has 31 heavy (non-hydrogen) atoms. The van der Waals surface area contributed by atoms with Crippen LogP contribution >= 0.6 is 0 Å². The number of nitrogen functional groups attached to an aromatic ring is 1. The van der Waals surface area contributed by atoms with Gasteiger partial charge >= 0.3 is 0 Å². The van der Waals surface area contributed by atoms with E-state index in [4.69, 9.17) is 29.1 Å². The highest BCUT2D eigenvalue weighted by Gasteiger charge is 2.40. The fourth-order valence-corrected chi connectivity index (χ4v) is 3.82. The van der Waals surface area contributed by atoms with Gasteiger partial charge in [-0.2, -0.15) is 0 Å². The molecular formula is C24H35NO5Si. The molecular weight excluding hydrogens is 410 g/mol. The molecule has 2 rings (SSSR count). The molecule has 0 saturated heterocycles. The first-order valence-corrected chi connectivity index (χ1v) is 13.0. The summed E-state index contributed by atoms with van der Waals surface area (Å²) in [5.74, 6) is 2.96. The van der Waals surface area contributed by atoms with Crippen molar-refractivity contribution in [1.29, 1.82) is 0 Å². The van der Waals surface area contributed by atoms with E-state index in [2.05, 4.69) is 33.9 Å². The molecule has 0 radical (unpaired) electrons. The zero-order valence-corrected chi connectivity index (χ0v) is 21.1. The standard InChI is InChI=1S/C24H35NO5Si/c1-24(2,3)31(8,9)30-23-18(26-4)13-12-17(21(23)25)11-10-16-14-19(27-5)22(29-7)20(15-16)28-6/h10-15H,25H2,1-9H3. The van der Waals surface area contributed by atoms with Crippen LogP contribution in [0.15, 0.2) is 24.3 Å². The van der Waals surface area contributed by atoms with Crippen molar-refractivity contribution in [2.45, 2.75) is 38.9 Å². The van der Waals surface area contributed by atoms with Gasteiger partial charge in [-0.15, -0.1) is 0 Å². The van der Waals surface area contributed by atoms with Crippen LogP contribution in [0, 0.1) is 0 Å². The monoisotopic (exact) mass is 445 g/mol. The van der Waals surface area contributed by atoms with Crippen molar-refractivity contribution in [2.75, 3.05) is 34.2 Å². The second kappa shape index (κ2) is 9.56. The van der Waals surface area contributed by atoms with Gasteiger partial charge < -0.3 is 29.1 Å². The van der Waals surface area contributed by atoms with Crippen molar-refractivity contribution in [3.8, 4) is 28.7 Å². The van der Waals surface area contributed by atoms with E-state index in [0.717, 1.165) is 11.1 Å². The number of methoxy groups -OCH3 is 4. The zero-order valence-electron chi connectivity index (χ0n) is 20.1. The molecule has 2 aromatic rings. The molecule has 0 bridgehead atoms. The smallest absolute Gasteiger partial charge is 0.250 e. The van der Waals surface area contributed by atoms with E-state index in [0.29, 0.717) is 34.4 Å². The number of anilines is 1. The highest BCUT2D eigenvalue weighted by Crippen LogP contribution is 2.44. The third-order valence-corrected chi connectivity index (χ3v) is 10.0. The van der Waals surface area contributed by atoms with Crippen molar-refractivity contribution in [2.24, 2.45) is 0 Å². The van der Waals surface area contributed by atoms with E-state index < -0.39 is 8.32 Å². The van der Waals surface area contributed by atoms with Gasteiger partial charge in [0.1, 0.15) is 0 Å². The average Bonchev–Trinajstić information content (AvgIpc) is 2.72. The topological polar surface area (TPSA) is 72.2 Å². The molecule has 7 heteroatoms. The molecule has 0 atom stereocenters. The molecule has 2 N–H and O–H groups in total. The molecule has 0 saturated carbocycles. The van der Waals surface area contributed by atoms with Gasteiger partial charge in [0.05, 0.1) is 34.1 Å². The molecule has 170 valence electrons. The van der Waals surface area contributed by atoms with Crippen LogP contribution in [0.2, 0.25) is 18.1 Å². The molecule has 0 spiro atoms. The second-order valence-corrected chi connectivity index (χ2v) is 13.5. The van der Waals surface area contributed by atoms with Gasteiger partial charge in [-0.3, -0.25) is 0 Å². The lowest BCUT2D eigenvalue weighted by molar-refractivity contribution is 0.324. The van der Waals surface area contributed by atoms with Crippen LogP contribution in [0.5, 0.6) is 28.7 Å². The summed E-state index contributed by atoms with van der Waals surface area (Å²) in [4.78, 5) is 0. The molecule has 6 nitrogen and oxygen atoms in total. The predicted octanol–water partition coefficient (Wildman–Crippen LogP) is 5.86. The average molecular weight is 446 g/mol. The zero-order chi connectivity index (χ0) is 23.4. The van der Waals surface area contributed by atoms with Gasteiger partial charge in [0, 0.05) is 5.56 Å². The Hall–Kier alpha value is -2.80. The molecule has 0 aliphatic carbocycles. The summed E-state index contributed by atoms with van der Waals surface area (Å²) in [7, 11) is 4.29. The quantitative estimate of drug-likeness (QED) is 0.312. The van der Waals surface area contributed by atoms with Gasteiger partial charge in [-0.1, -0.05) is 32.9 Å². The maximum Gasteiger partial charge on any atom is 0.250 e. The SMILES string of the molecule is COc1cc(C=Cc2ccc(OC)c(O[Si](C)(C)C(C)(C)C)c2N)cc(OC)c1OC. The Labute approximate surface area is 187 Å². The predicted molar refractivity (Wildman–Crippen MR) is 130 cm³/mol. The molecule has 0 aliphatic heterocycles. The number of nitrogens with two attached hydrogens (primary N) is 1. The van der Waals surface area contributed by atoms with Crippen LogP contribution in [0.25, 0.3) is 12.2 Å². The van der Waals surface area contributed by atoms with E-state index in [1.807, 2.05) is 36.4 Å². The molecule has 0 aliphatic rings. The Balaban J connectivity index is 2.48. The fourth-order valence-electron chi connectivity index (χ4n) is 2.80. The van der Waals surface area contributed by atoms with Crippen LogP contribution in [0.3, 0.4) is 0 Å². The Morgan fingerprint density at radius 3 is 1.77 bits per heavy atom. The Morgan fingerprint density at radius 2 is 1.32 bits per heavy atom. The van der Waals surface area contributed by atoms with E-state index in [1.165, 1.54) is 0 Å². The van der Waals surface area contributed by atoms with Crippen molar-refractivity contribution >= 4 is 26.2 Å². The van der Waals surface area contributed by atoms with Gasteiger partial charge in [-0.05, 0) is 48.0 Å². The summed E-state index contributed by atoms with van der Waals surface area (Å²) < 4.78 is 28.3. The molecule has 2 aromatic carbocycles. The lowest BCUT2D eigenvalue weighted by atomic mass is 10.1. The number of benzene rings is 2. The van der Waals surface area contributed by atoms with Crippen LogP contribution in [0.1, 0.15) is 31.9 Å². The Kier molecular flexibility index (Phi) is 7.54. The molecule has 0 fully saturated rings. The minimum absolute atomic E-state index is 0.0342. The minimum atomic E-state index is -2.10. The van der Waals surface area contributed by atoms with E-state index in [-0.39, 0.29) is 5.04 Å². The maximum atomic E-state index is 6.53. The molecule has 0 unspecified atom stereocenters. The van der Waals surface area contributed by atoms with Crippen LogP contribution in [-0.2, 0) is 0 Å². The summed E-state index contributed by atoms with van der Waals surface area (Å²) in [5, 5.41) is 0.0342. The molecule has 0 heterocycles. The number of rotatable bonds is 8. The van der Waals surface area contributed by atoms with Crippen molar-refractivity contribution in [1.82, 2.24) is 0 Å². The molecule has 0 amide bonds. The van der Waals surface area contributed by atoms with Crippen molar-refractivity contribution in [3.05, 3.63) is 35.4 Å². The highest BCUT2D eigenvalue weighted by atomic mass is 28.4. The van der Waals surface area contributed by atoms with Gasteiger partial charge in [0.2, 0.25) is 5.75 Å². The molecule has 0 aromatic heterocycles. The van der Waals surface area contributed by atoms with Crippen LogP contribution in [0.4, 0.5) is 5.69 Å². The summed E-state index contributed by atoms with van der Waals surface area (Å²) in [6.45, 7) is 10.9. The van der Waals surface area contributed by atoms with E-state index in [1.54, 1.807) is 28.4 Å². The number of hydrogen-bond donors (Lipinski definition) is 1. The first kappa shape index (κ1) is 24.5. The lowest BCUT2D eigenvalue weighted by Gasteiger charge is -2.37. The number of ether oxygens (including phenoxy) is 4. The van der Waals surface area contributed by atoms with Crippen molar-refractivity contribution in [3.63, 3.8) is 0 Å². The third kappa shape index (κ3) is 5.28. The van der Waals surface area contributed by atoms with Gasteiger partial charge in [0.15, 0.2) is 23.0 Å². The largest absolute Gasteiger partial charge is 0.540 e. The third-order valence-electron chi connectivity index (χ3n) is 5.72. The van der Waals surface area contributed by atoms with Crippen molar-refractivity contribution < 1.29 is 23.4 Å². The Bertz CT molecular complexity index is 923. The van der Waals surface area contributed by atoms with Gasteiger partial charge in [0.25, 0.3) is 8.32 Å². The summed E-state index contributed by atoms with van der Waals surface area (Å²) in [5.41, 5.74) is 8.80. The normalized spacial score (nSPS) is 12.0. The summed E-state index contributed by atoms with van der Waals surface area (Å²) >= 11 is 0. The first-order valence-electron chi connectivity index (χ1n) is 10.1. The fraction of sp³-hybridized carbons (Fsp3) is 0.417. The van der Waals surface area contributed by atoms with Crippen LogP contribution < -0.4 is 29.1 Å². The Morgan fingerprint density at radius 1 is 0.774 bits per heavy atom. The summed E-state index contributed by atoms with van der Waals surface area (Å²) in [6.07, 6.45) is 3.88. The maximum absolute atomic E-state index is 6.53. The first-order chi connectivity index (χ1) is 14.5. The van der Waals surface area contributed by atoms with Gasteiger partial charge in [-0.25, -0.2) is 0 Å². The van der Waals surface area contributed by atoms with E-state index >= 15 is 0 Å². The van der Waals surface area contributed by atoms with Crippen LogP contribution in [-0.4, -0.2) is 36.8 Å².